The monoisotopic (exact) mass is 291 g/mol. The molecule has 7 nitrogen and oxygen atoms in total. The molecule has 1 aliphatic heterocycles. The van der Waals surface area contributed by atoms with Crippen LogP contribution in [0.3, 0.4) is 0 Å². The van der Waals surface area contributed by atoms with Crippen molar-refractivity contribution in [3.05, 3.63) is 24.3 Å². The minimum atomic E-state index is -0.0936. The molecule has 0 aromatic carbocycles. The Hall–Kier alpha value is -2.02. The van der Waals surface area contributed by atoms with Gasteiger partial charge in [0, 0.05) is 52.7 Å². The largest absolute Gasteiger partial charge is 0.348 e. The molecule has 0 aliphatic carbocycles. The zero-order valence-electron chi connectivity index (χ0n) is 12.5. The Kier molecular flexibility index (Phi) is 5.21. The van der Waals surface area contributed by atoms with Crippen LogP contribution in [0.5, 0.6) is 0 Å². The molecule has 1 aromatic heterocycles. The van der Waals surface area contributed by atoms with Crippen LogP contribution in [0.4, 0.5) is 0 Å². The van der Waals surface area contributed by atoms with Crippen molar-refractivity contribution in [1.29, 1.82) is 0 Å². The molecule has 0 spiro atoms. The summed E-state index contributed by atoms with van der Waals surface area (Å²) in [5.41, 5.74) is 0.371. The topological polar surface area (TPSA) is 69.6 Å². The third-order valence-corrected chi connectivity index (χ3v) is 3.52. The number of nitrogens with zero attached hydrogens (tertiary/aromatic N) is 5. The molecule has 1 saturated heterocycles. The standard InChI is InChI=1S/C14H21N5O2/c1-17(2)13(20)11-18-6-3-7-19(9-8-18)14(21)12-10-15-4-5-16-12/h4-5,10H,3,6-9,11H2,1-2H3. The highest BCUT2D eigenvalue weighted by Gasteiger charge is 2.22. The predicted molar refractivity (Wildman–Crippen MR) is 77.7 cm³/mol. The van der Waals surface area contributed by atoms with Crippen molar-refractivity contribution in [2.75, 3.05) is 46.8 Å². The average molecular weight is 291 g/mol. The van der Waals surface area contributed by atoms with Gasteiger partial charge >= 0.3 is 0 Å². The van der Waals surface area contributed by atoms with Crippen LogP contribution in [0.1, 0.15) is 16.9 Å². The third-order valence-electron chi connectivity index (χ3n) is 3.52. The Morgan fingerprint density at radius 1 is 1.19 bits per heavy atom. The van der Waals surface area contributed by atoms with E-state index in [0.29, 0.717) is 31.9 Å². The number of hydrogen-bond donors (Lipinski definition) is 0. The number of carbonyl (C=O) groups is 2. The molecule has 0 unspecified atom stereocenters. The molecule has 0 N–H and O–H groups in total. The number of aromatic nitrogens is 2. The van der Waals surface area contributed by atoms with Crippen LogP contribution in [0.15, 0.2) is 18.6 Å². The summed E-state index contributed by atoms with van der Waals surface area (Å²) < 4.78 is 0. The van der Waals surface area contributed by atoms with Crippen LogP contribution in [-0.4, -0.2) is 83.3 Å². The maximum absolute atomic E-state index is 12.3. The average Bonchev–Trinajstić information content (AvgIpc) is 2.73. The Balaban J connectivity index is 1.92. The zero-order valence-corrected chi connectivity index (χ0v) is 12.5. The first-order valence-electron chi connectivity index (χ1n) is 7.05. The van der Waals surface area contributed by atoms with E-state index < -0.39 is 0 Å². The van der Waals surface area contributed by atoms with E-state index in [1.54, 1.807) is 30.1 Å². The quantitative estimate of drug-likeness (QED) is 0.765. The second kappa shape index (κ2) is 7.12. The van der Waals surface area contributed by atoms with Gasteiger partial charge in [-0.15, -0.1) is 0 Å². The molecule has 2 amide bonds. The first kappa shape index (κ1) is 15.4. The van der Waals surface area contributed by atoms with E-state index >= 15 is 0 Å². The highest BCUT2D eigenvalue weighted by atomic mass is 16.2. The maximum Gasteiger partial charge on any atom is 0.274 e. The number of carbonyl (C=O) groups excluding carboxylic acids is 2. The van der Waals surface area contributed by atoms with E-state index in [1.165, 1.54) is 12.4 Å². The van der Waals surface area contributed by atoms with Crippen LogP contribution in [0.2, 0.25) is 0 Å². The Morgan fingerprint density at radius 3 is 2.67 bits per heavy atom. The summed E-state index contributed by atoms with van der Waals surface area (Å²) in [6, 6.07) is 0. The SMILES string of the molecule is CN(C)C(=O)CN1CCCN(C(=O)c2cnccn2)CC1. The summed E-state index contributed by atoms with van der Waals surface area (Å²) >= 11 is 0. The molecular weight excluding hydrogens is 270 g/mol. The summed E-state index contributed by atoms with van der Waals surface area (Å²) in [5.74, 6) is -0.00686. The molecule has 2 heterocycles. The number of amides is 2. The van der Waals surface area contributed by atoms with E-state index in [2.05, 4.69) is 14.9 Å². The van der Waals surface area contributed by atoms with Crippen LogP contribution in [-0.2, 0) is 4.79 Å². The molecule has 0 radical (unpaired) electrons. The number of likely N-dealkylation sites (N-methyl/N-ethyl adjacent to an activating group) is 1. The predicted octanol–water partition coefficient (Wildman–Crippen LogP) is -0.287. The third kappa shape index (κ3) is 4.22. The molecule has 1 aromatic rings. The van der Waals surface area contributed by atoms with Gasteiger partial charge in [-0.3, -0.25) is 19.5 Å². The van der Waals surface area contributed by atoms with Crippen molar-refractivity contribution in [2.24, 2.45) is 0 Å². The van der Waals surface area contributed by atoms with Crippen molar-refractivity contribution >= 4 is 11.8 Å². The van der Waals surface area contributed by atoms with Crippen LogP contribution >= 0.6 is 0 Å². The van der Waals surface area contributed by atoms with E-state index in [9.17, 15) is 9.59 Å². The van der Waals surface area contributed by atoms with Crippen LogP contribution in [0.25, 0.3) is 0 Å². The lowest BCUT2D eigenvalue weighted by Crippen LogP contribution is -2.39. The van der Waals surface area contributed by atoms with E-state index in [-0.39, 0.29) is 11.8 Å². The van der Waals surface area contributed by atoms with Crippen molar-refractivity contribution in [2.45, 2.75) is 6.42 Å². The first-order chi connectivity index (χ1) is 10.1. The van der Waals surface area contributed by atoms with Gasteiger partial charge in [-0.05, 0) is 6.42 Å². The van der Waals surface area contributed by atoms with Gasteiger partial charge in [-0.1, -0.05) is 0 Å². The van der Waals surface area contributed by atoms with Crippen molar-refractivity contribution in [3.8, 4) is 0 Å². The summed E-state index contributed by atoms with van der Waals surface area (Å²) in [6.07, 6.45) is 5.41. The molecule has 114 valence electrons. The normalized spacial score (nSPS) is 16.4. The van der Waals surface area contributed by atoms with Gasteiger partial charge in [0.2, 0.25) is 5.91 Å². The molecule has 1 aliphatic rings. The lowest BCUT2D eigenvalue weighted by atomic mass is 10.3. The van der Waals surface area contributed by atoms with Gasteiger partial charge in [0.05, 0.1) is 12.7 Å². The molecule has 0 atom stereocenters. The molecular formula is C14H21N5O2. The van der Waals surface area contributed by atoms with Gasteiger partial charge in [-0.25, -0.2) is 4.98 Å². The van der Waals surface area contributed by atoms with E-state index in [4.69, 9.17) is 0 Å². The Bertz CT molecular complexity index is 491. The second-order valence-corrected chi connectivity index (χ2v) is 5.30. The fraction of sp³-hybridized carbons (Fsp3) is 0.571. The minimum Gasteiger partial charge on any atom is -0.348 e. The summed E-state index contributed by atoms with van der Waals surface area (Å²) in [5, 5.41) is 0. The molecule has 21 heavy (non-hydrogen) atoms. The van der Waals surface area contributed by atoms with E-state index in [0.717, 1.165) is 13.0 Å². The molecule has 0 saturated carbocycles. The van der Waals surface area contributed by atoms with Gasteiger partial charge in [0.25, 0.3) is 5.91 Å². The molecule has 7 heteroatoms. The number of rotatable bonds is 3. The van der Waals surface area contributed by atoms with Crippen LogP contribution < -0.4 is 0 Å². The molecule has 0 bridgehead atoms. The van der Waals surface area contributed by atoms with Gasteiger partial charge in [0.15, 0.2) is 0 Å². The first-order valence-corrected chi connectivity index (χ1v) is 7.05. The summed E-state index contributed by atoms with van der Waals surface area (Å²) in [4.78, 5) is 37.5. The lowest BCUT2D eigenvalue weighted by molar-refractivity contribution is -0.129. The van der Waals surface area contributed by atoms with E-state index in [1.807, 2.05) is 0 Å². The highest BCUT2D eigenvalue weighted by Crippen LogP contribution is 2.07. The van der Waals surface area contributed by atoms with Crippen molar-refractivity contribution in [1.82, 2.24) is 24.7 Å². The fourth-order valence-corrected chi connectivity index (χ4v) is 2.24. The minimum absolute atomic E-state index is 0.0868. The van der Waals surface area contributed by atoms with Crippen molar-refractivity contribution < 1.29 is 9.59 Å². The molecule has 1 fully saturated rings. The Labute approximate surface area is 124 Å². The zero-order chi connectivity index (χ0) is 15.2. The number of hydrogen-bond acceptors (Lipinski definition) is 5. The van der Waals surface area contributed by atoms with Gasteiger partial charge in [-0.2, -0.15) is 0 Å². The smallest absolute Gasteiger partial charge is 0.274 e. The molecule has 2 rings (SSSR count). The lowest BCUT2D eigenvalue weighted by Gasteiger charge is -2.22. The van der Waals surface area contributed by atoms with Crippen molar-refractivity contribution in [3.63, 3.8) is 0 Å². The van der Waals surface area contributed by atoms with Crippen LogP contribution in [0, 0.1) is 0 Å². The summed E-state index contributed by atoms with van der Waals surface area (Å²) in [7, 11) is 3.51. The summed E-state index contributed by atoms with van der Waals surface area (Å²) in [6.45, 7) is 3.22. The second-order valence-electron chi connectivity index (χ2n) is 5.30. The van der Waals surface area contributed by atoms with Gasteiger partial charge in [0.1, 0.15) is 5.69 Å². The highest BCUT2D eigenvalue weighted by molar-refractivity contribution is 5.92. The Morgan fingerprint density at radius 2 is 2.00 bits per heavy atom. The fourth-order valence-electron chi connectivity index (χ4n) is 2.24. The van der Waals surface area contributed by atoms with Gasteiger partial charge < -0.3 is 9.80 Å². The maximum atomic E-state index is 12.3.